The van der Waals surface area contributed by atoms with E-state index in [-0.39, 0.29) is 0 Å². The van der Waals surface area contributed by atoms with Crippen LogP contribution in [0.2, 0.25) is 0 Å². The predicted octanol–water partition coefficient (Wildman–Crippen LogP) is 12.9. The van der Waals surface area contributed by atoms with E-state index in [0.29, 0.717) is 0 Å². The lowest BCUT2D eigenvalue weighted by atomic mass is 9.61. The van der Waals surface area contributed by atoms with Gasteiger partial charge in [0.2, 0.25) is 0 Å². The van der Waals surface area contributed by atoms with Crippen molar-refractivity contribution in [1.82, 2.24) is 0 Å². The van der Waals surface area contributed by atoms with Gasteiger partial charge in [-0.05, 0) is 104 Å². The molecule has 0 aromatic heterocycles. The number of benzene rings is 8. The van der Waals surface area contributed by atoms with E-state index in [1.54, 1.807) is 0 Å². The first kappa shape index (κ1) is 29.3. The minimum Gasteiger partial charge on any atom is -0.457 e. The molecule has 0 saturated carbocycles. The van der Waals surface area contributed by atoms with Crippen LogP contribution in [0.3, 0.4) is 0 Å². The summed E-state index contributed by atoms with van der Waals surface area (Å²) in [7, 11) is 0. The number of hydrogen-bond acceptors (Lipinski definition) is 2. The van der Waals surface area contributed by atoms with Gasteiger partial charge in [-0.1, -0.05) is 146 Å². The molecule has 0 aliphatic carbocycles. The molecule has 1 spiro atoms. The summed E-state index contributed by atoms with van der Waals surface area (Å²) in [5.41, 5.74) is 15.8. The predicted molar refractivity (Wildman–Crippen MR) is 210 cm³/mol. The van der Waals surface area contributed by atoms with E-state index in [4.69, 9.17) is 4.74 Å². The molecular weight excluding hydrogens is 619 g/mol. The highest BCUT2D eigenvalue weighted by Crippen LogP contribution is 2.61. The Hall–Kier alpha value is -6.64. The van der Waals surface area contributed by atoms with E-state index in [1.807, 2.05) is 0 Å². The van der Waals surface area contributed by atoms with Crippen molar-refractivity contribution in [2.45, 2.75) is 5.41 Å². The highest BCUT2D eigenvalue weighted by molar-refractivity contribution is 5.89. The summed E-state index contributed by atoms with van der Waals surface area (Å²) in [4.78, 5) is 0. The van der Waals surface area contributed by atoms with Crippen molar-refractivity contribution in [2.75, 3.05) is 5.32 Å². The molecule has 0 fully saturated rings. The van der Waals surface area contributed by atoms with Crippen molar-refractivity contribution < 1.29 is 4.74 Å². The SMILES string of the molecule is c1ccc(-c2cccc(-c3ccc4c(c3)C3(c5cc(-c6cccc(-c7ccccc7)c6)ccc5N4)c4ccccc4Oc4ccccc43)c2)cc1. The number of hydrogen-bond donors (Lipinski definition) is 1. The lowest BCUT2D eigenvalue weighted by Gasteiger charge is -2.46. The van der Waals surface area contributed by atoms with Gasteiger partial charge in [-0.3, -0.25) is 0 Å². The van der Waals surface area contributed by atoms with Crippen LogP contribution in [-0.2, 0) is 5.41 Å². The molecule has 8 aromatic carbocycles. The fourth-order valence-electron chi connectivity index (χ4n) is 8.17. The molecular formula is C49H33NO. The lowest BCUT2D eigenvalue weighted by Crippen LogP contribution is -2.37. The molecule has 2 heteroatoms. The van der Waals surface area contributed by atoms with Crippen LogP contribution in [-0.4, -0.2) is 0 Å². The van der Waals surface area contributed by atoms with Crippen molar-refractivity contribution in [3.05, 3.63) is 216 Å². The van der Waals surface area contributed by atoms with Gasteiger partial charge in [0, 0.05) is 22.5 Å². The first-order chi connectivity index (χ1) is 25.3. The van der Waals surface area contributed by atoms with Crippen LogP contribution in [0.1, 0.15) is 22.3 Å². The zero-order valence-electron chi connectivity index (χ0n) is 27.9. The van der Waals surface area contributed by atoms with Gasteiger partial charge in [0.1, 0.15) is 11.5 Å². The van der Waals surface area contributed by atoms with Crippen LogP contribution in [0.4, 0.5) is 11.4 Å². The Bertz CT molecular complexity index is 2410. The van der Waals surface area contributed by atoms with E-state index in [0.717, 1.165) is 34.0 Å². The zero-order chi connectivity index (χ0) is 33.8. The molecule has 2 aliphatic rings. The monoisotopic (exact) mass is 651 g/mol. The van der Waals surface area contributed by atoms with E-state index in [1.165, 1.54) is 55.6 Å². The smallest absolute Gasteiger partial charge is 0.132 e. The van der Waals surface area contributed by atoms with Crippen LogP contribution in [0.5, 0.6) is 11.5 Å². The fraction of sp³-hybridized carbons (Fsp3) is 0.0204. The Morgan fingerprint density at radius 3 is 1.14 bits per heavy atom. The first-order valence-corrected chi connectivity index (χ1v) is 17.5. The van der Waals surface area contributed by atoms with Crippen molar-refractivity contribution in [3.63, 3.8) is 0 Å². The largest absolute Gasteiger partial charge is 0.457 e. The second-order valence-electron chi connectivity index (χ2n) is 13.4. The summed E-state index contributed by atoms with van der Waals surface area (Å²) < 4.78 is 6.67. The molecule has 0 amide bonds. The Morgan fingerprint density at radius 1 is 0.294 bits per heavy atom. The third-order valence-corrected chi connectivity index (χ3v) is 10.5. The molecule has 51 heavy (non-hydrogen) atoms. The van der Waals surface area contributed by atoms with Crippen molar-refractivity contribution >= 4 is 11.4 Å². The van der Waals surface area contributed by atoms with Crippen molar-refractivity contribution in [1.29, 1.82) is 0 Å². The van der Waals surface area contributed by atoms with E-state index in [9.17, 15) is 0 Å². The Morgan fingerprint density at radius 2 is 0.667 bits per heavy atom. The van der Waals surface area contributed by atoms with Crippen LogP contribution in [0.15, 0.2) is 194 Å². The third-order valence-electron chi connectivity index (χ3n) is 10.5. The molecule has 8 aromatic rings. The van der Waals surface area contributed by atoms with Crippen LogP contribution >= 0.6 is 0 Å². The normalized spacial score (nSPS) is 13.2. The van der Waals surface area contributed by atoms with Crippen LogP contribution < -0.4 is 10.1 Å². The number of fused-ring (bicyclic) bond motifs is 8. The maximum absolute atomic E-state index is 6.67. The maximum Gasteiger partial charge on any atom is 0.132 e. The quantitative estimate of drug-likeness (QED) is 0.204. The standard InChI is InChI=1S/C49H33NO/c1-3-13-33(14-4-1)35-17-11-19-37(29-35)39-25-27-45-43(31-39)49(41-21-7-9-23-47(41)51-48-24-10-8-22-42(48)49)44-32-40(26-28-46(44)50-45)38-20-12-18-36(30-38)34-15-5-2-6-16-34/h1-32,50H. The Balaban J connectivity index is 1.22. The zero-order valence-corrected chi connectivity index (χ0v) is 27.9. The molecule has 0 unspecified atom stereocenters. The topological polar surface area (TPSA) is 21.3 Å². The molecule has 10 rings (SSSR count). The summed E-state index contributed by atoms with van der Waals surface area (Å²) >= 11 is 0. The minimum atomic E-state index is -0.637. The van der Waals surface area contributed by atoms with Crippen molar-refractivity contribution in [3.8, 4) is 56.0 Å². The van der Waals surface area contributed by atoms with Gasteiger partial charge < -0.3 is 10.1 Å². The molecule has 0 radical (unpaired) electrons. The fourth-order valence-corrected chi connectivity index (χ4v) is 8.17. The highest BCUT2D eigenvalue weighted by atomic mass is 16.5. The average Bonchev–Trinajstić information content (AvgIpc) is 3.21. The Labute approximate surface area is 298 Å². The molecule has 2 nitrogen and oxygen atoms in total. The molecule has 0 atom stereocenters. The number of nitrogens with one attached hydrogen (secondary N) is 1. The number of rotatable bonds is 4. The molecule has 2 aliphatic heterocycles. The highest BCUT2D eigenvalue weighted by Gasteiger charge is 2.49. The summed E-state index contributed by atoms with van der Waals surface area (Å²) in [6.07, 6.45) is 0. The molecule has 240 valence electrons. The number of para-hydroxylation sites is 2. The first-order valence-electron chi connectivity index (χ1n) is 17.5. The van der Waals surface area contributed by atoms with Gasteiger partial charge in [-0.15, -0.1) is 0 Å². The minimum absolute atomic E-state index is 0.637. The lowest BCUT2D eigenvalue weighted by molar-refractivity contribution is 0.434. The summed E-state index contributed by atoms with van der Waals surface area (Å²) in [6, 6.07) is 69.9. The van der Waals surface area contributed by atoms with Gasteiger partial charge in [0.25, 0.3) is 0 Å². The van der Waals surface area contributed by atoms with E-state index < -0.39 is 5.41 Å². The van der Waals surface area contributed by atoms with Gasteiger partial charge >= 0.3 is 0 Å². The summed E-state index contributed by atoms with van der Waals surface area (Å²) in [5, 5.41) is 3.86. The maximum atomic E-state index is 6.67. The second kappa shape index (κ2) is 11.8. The Kier molecular flexibility index (Phi) is 6.75. The molecule has 2 heterocycles. The molecule has 1 N–H and O–H groups in total. The van der Waals surface area contributed by atoms with Crippen LogP contribution in [0, 0.1) is 0 Å². The molecule has 0 saturated heterocycles. The van der Waals surface area contributed by atoms with Gasteiger partial charge in [0.05, 0.1) is 5.41 Å². The van der Waals surface area contributed by atoms with Gasteiger partial charge in [-0.25, -0.2) is 0 Å². The van der Waals surface area contributed by atoms with Crippen molar-refractivity contribution in [2.24, 2.45) is 0 Å². The average molecular weight is 652 g/mol. The van der Waals surface area contributed by atoms with E-state index in [2.05, 4.69) is 199 Å². The van der Waals surface area contributed by atoms with Gasteiger partial charge in [-0.2, -0.15) is 0 Å². The summed E-state index contributed by atoms with van der Waals surface area (Å²) in [6.45, 7) is 0. The number of anilines is 2. The van der Waals surface area contributed by atoms with Gasteiger partial charge in [0.15, 0.2) is 0 Å². The second-order valence-corrected chi connectivity index (χ2v) is 13.4. The molecule has 0 bridgehead atoms. The van der Waals surface area contributed by atoms with Crippen LogP contribution in [0.25, 0.3) is 44.5 Å². The van der Waals surface area contributed by atoms with E-state index >= 15 is 0 Å². The number of ether oxygens (including phenoxy) is 1. The summed E-state index contributed by atoms with van der Waals surface area (Å²) in [5.74, 6) is 1.76. The third kappa shape index (κ3) is 4.72.